The lowest BCUT2D eigenvalue weighted by Gasteiger charge is -2.34. The van der Waals surface area contributed by atoms with Gasteiger partial charge in [0.05, 0.1) is 11.6 Å². The average molecular weight is 354 g/mol. The molecule has 2 fully saturated rings. The highest BCUT2D eigenvalue weighted by molar-refractivity contribution is 6.30. The first-order valence-corrected chi connectivity index (χ1v) is 9.16. The molecule has 3 rings (SSSR count). The molecule has 1 N–H and O–H groups in total. The second kappa shape index (κ2) is 8.28. The molecule has 1 aromatic rings. The first-order chi connectivity index (χ1) is 11.6. The normalized spacial score (nSPS) is 20.4. The minimum atomic E-state index is -0.376. The van der Waals surface area contributed by atoms with Crippen molar-refractivity contribution in [3.05, 3.63) is 34.6 Å². The van der Waals surface area contributed by atoms with Gasteiger partial charge < -0.3 is 5.32 Å². The average Bonchev–Trinajstić information content (AvgIpc) is 3.06. The van der Waals surface area contributed by atoms with Gasteiger partial charge in [-0.25, -0.2) is 4.39 Å². The standard InChI is InChI=1S/C18H25ClFN3O/c19-16-11-14(5-6-17(16)20)12-22-7-9-23(10-8-22)13-18(24)21-15-3-1-2-4-15/h5-6,11,15H,1-4,7-10,12-13H2,(H,21,24). The molecule has 0 unspecified atom stereocenters. The van der Waals surface area contributed by atoms with Crippen LogP contribution in [0.2, 0.25) is 5.02 Å². The number of benzene rings is 1. The number of nitrogens with one attached hydrogen (secondary N) is 1. The van der Waals surface area contributed by atoms with Crippen molar-refractivity contribution in [2.75, 3.05) is 32.7 Å². The predicted molar refractivity (Wildman–Crippen MR) is 93.5 cm³/mol. The number of piperazine rings is 1. The molecule has 24 heavy (non-hydrogen) atoms. The lowest BCUT2D eigenvalue weighted by Crippen LogP contribution is -2.50. The molecule has 1 aliphatic heterocycles. The largest absolute Gasteiger partial charge is 0.352 e. The van der Waals surface area contributed by atoms with Crippen LogP contribution in [0.25, 0.3) is 0 Å². The Balaban J connectivity index is 1.40. The van der Waals surface area contributed by atoms with Gasteiger partial charge in [-0.05, 0) is 30.5 Å². The number of rotatable bonds is 5. The van der Waals surface area contributed by atoms with Crippen molar-refractivity contribution in [3.8, 4) is 0 Å². The Morgan fingerprint density at radius 1 is 1.17 bits per heavy atom. The van der Waals surface area contributed by atoms with Crippen LogP contribution in [0.15, 0.2) is 18.2 Å². The highest BCUT2D eigenvalue weighted by Crippen LogP contribution is 2.19. The van der Waals surface area contributed by atoms with E-state index < -0.39 is 0 Å². The van der Waals surface area contributed by atoms with Crippen LogP contribution in [0.4, 0.5) is 4.39 Å². The Labute approximate surface area is 147 Å². The van der Waals surface area contributed by atoms with E-state index in [0.29, 0.717) is 12.6 Å². The quantitative estimate of drug-likeness (QED) is 0.884. The molecule has 6 heteroatoms. The smallest absolute Gasteiger partial charge is 0.234 e. The van der Waals surface area contributed by atoms with Gasteiger partial charge in [-0.2, -0.15) is 0 Å². The van der Waals surface area contributed by atoms with Crippen molar-refractivity contribution in [1.82, 2.24) is 15.1 Å². The number of hydrogen-bond donors (Lipinski definition) is 1. The molecule has 132 valence electrons. The Bertz CT molecular complexity index is 569. The predicted octanol–water partition coefficient (Wildman–Crippen LogP) is 2.66. The number of hydrogen-bond acceptors (Lipinski definition) is 3. The molecule has 2 aliphatic rings. The van der Waals surface area contributed by atoms with Gasteiger partial charge in [0.25, 0.3) is 0 Å². The SMILES string of the molecule is O=C(CN1CCN(Cc2ccc(F)c(Cl)c2)CC1)NC1CCCC1. The summed E-state index contributed by atoms with van der Waals surface area (Å²) < 4.78 is 13.2. The molecule has 0 aromatic heterocycles. The van der Waals surface area contributed by atoms with Crippen molar-refractivity contribution in [2.24, 2.45) is 0 Å². The molecule has 0 spiro atoms. The third-order valence-electron chi connectivity index (χ3n) is 4.94. The van der Waals surface area contributed by atoms with Crippen molar-refractivity contribution < 1.29 is 9.18 Å². The van der Waals surface area contributed by atoms with Gasteiger partial charge in [-0.3, -0.25) is 14.6 Å². The van der Waals surface area contributed by atoms with Crippen molar-refractivity contribution in [1.29, 1.82) is 0 Å². The van der Waals surface area contributed by atoms with E-state index in [1.165, 1.54) is 18.9 Å². The zero-order valence-electron chi connectivity index (χ0n) is 13.9. The number of amides is 1. The van der Waals surface area contributed by atoms with Crippen molar-refractivity contribution in [3.63, 3.8) is 0 Å². The number of carbonyl (C=O) groups is 1. The maximum absolute atomic E-state index is 13.2. The maximum Gasteiger partial charge on any atom is 0.234 e. The maximum atomic E-state index is 13.2. The van der Waals surface area contributed by atoms with Gasteiger partial charge in [0.2, 0.25) is 5.91 Å². The zero-order chi connectivity index (χ0) is 16.9. The molecule has 0 atom stereocenters. The van der Waals surface area contributed by atoms with E-state index in [9.17, 15) is 9.18 Å². The van der Waals surface area contributed by atoms with Gasteiger partial charge in [0.15, 0.2) is 0 Å². The highest BCUT2D eigenvalue weighted by atomic mass is 35.5. The van der Waals surface area contributed by atoms with Crippen molar-refractivity contribution in [2.45, 2.75) is 38.3 Å². The second-order valence-corrected chi connectivity index (χ2v) is 7.26. The van der Waals surface area contributed by atoms with Gasteiger partial charge >= 0.3 is 0 Å². The highest BCUT2D eigenvalue weighted by Gasteiger charge is 2.21. The van der Waals surface area contributed by atoms with Crippen LogP contribution >= 0.6 is 11.6 Å². The molecule has 1 heterocycles. The lowest BCUT2D eigenvalue weighted by molar-refractivity contribution is -0.123. The fraction of sp³-hybridized carbons (Fsp3) is 0.611. The molecular weight excluding hydrogens is 329 g/mol. The van der Waals surface area contributed by atoms with Crippen LogP contribution in [0.1, 0.15) is 31.2 Å². The van der Waals surface area contributed by atoms with E-state index in [-0.39, 0.29) is 16.7 Å². The van der Waals surface area contributed by atoms with Crippen LogP contribution in [-0.2, 0) is 11.3 Å². The van der Waals surface area contributed by atoms with E-state index in [1.807, 2.05) is 0 Å². The summed E-state index contributed by atoms with van der Waals surface area (Å²) in [5.41, 5.74) is 1.02. The summed E-state index contributed by atoms with van der Waals surface area (Å²) in [6.07, 6.45) is 4.72. The molecule has 1 aliphatic carbocycles. The summed E-state index contributed by atoms with van der Waals surface area (Å²) in [5, 5.41) is 3.32. The van der Waals surface area contributed by atoms with Gasteiger partial charge in [0, 0.05) is 38.8 Å². The molecular formula is C18H25ClFN3O. The van der Waals surface area contributed by atoms with E-state index in [0.717, 1.165) is 51.1 Å². The molecule has 4 nitrogen and oxygen atoms in total. The van der Waals surface area contributed by atoms with Crippen LogP contribution in [-0.4, -0.2) is 54.5 Å². The summed E-state index contributed by atoms with van der Waals surface area (Å²) in [6, 6.07) is 5.28. The third-order valence-corrected chi connectivity index (χ3v) is 5.23. The monoisotopic (exact) mass is 353 g/mol. The number of halogens is 2. The minimum Gasteiger partial charge on any atom is -0.352 e. The zero-order valence-corrected chi connectivity index (χ0v) is 14.7. The Morgan fingerprint density at radius 2 is 1.83 bits per heavy atom. The second-order valence-electron chi connectivity index (χ2n) is 6.85. The first kappa shape index (κ1) is 17.6. The minimum absolute atomic E-state index is 0.153. The molecule has 1 saturated carbocycles. The number of nitrogens with zero attached hydrogens (tertiary/aromatic N) is 2. The van der Waals surface area contributed by atoms with Gasteiger partial charge in [0.1, 0.15) is 5.82 Å². The van der Waals surface area contributed by atoms with E-state index in [2.05, 4.69) is 15.1 Å². The Kier molecular flexibility index (Phi) is 6.09. The van der Waals surface area contributed by atoms with Crippen molar-refractivity contribution >= 4 is 17.5 Å². The van der Waals surface area contributed by atoms with E-state index >= 15 is 0 Å². The lowest BCUT2D eigenvalue weighted by atomic mass is 10.2. The third kappa shape index (κ3) is 4.91. The van der Waals surface area contributed by atoms with Crippen LogP contribution in [0, 0.1) is 5.82 Å². The van der Waals surface area contributed by atoms with E-state index in [4.69, 9.17) is 11.6 Å². The Morgan fingerprint density at radius 3 is 2.50 bits per heavy atom. The topological polar surface area (TPSA) is 35.6 Å². The summed E-state index contributed by atoms with van der Waals surface area (Å²) >= 11 is 5.84. The fourth-order valence-electron chi connectivity index (χ4n) is 3.55. The molecule has 0 radical (unpaired) electrons. The summed E-state index contributed by atoms with van der Waals surface area (Å²) in [7, 11) is 0. The molecule has 1 amide bonds. The summed E-state index contributed by atoms with van der Waals surface area (Å²) in [5.74, 6) is -0.223. The first-order valence-electron chi connectivity index (χ1n) is 8.78. The van der Waals surface area contributed by atoms with Crippen LogP contribution in [0.5, 0.6) is 0 Å². The molecule has 1 aromatic carbocycles. The number of carbonyl (C=O) groups excluding carboxylic acids is 1. The summed E-state index contributed by atoms with van der Waals surface area (Å²) in [4.78, 5) is 16.6. The molecule has 1 saturated heterocycles. The van der Waals surface area contributed by atoms with Gasteiger partial charge in [-0.1, -0.05) is 30.5 Å². The van der Waals surface area contributed by atoms with E-state index in [1.54, 1.807) is 12.1 Å². The van der Waals surface area contributed by atoms with Crippen LogP contribution < -0.4 is 5.32 Å². The molecule has 0 bridgehead atoms. The van der Waals surface area contributed by atoms with Gasteiger partial charge in [-0.15, -0.1) is 0 Å². The Hall–Kier alpha value is -1.17. The fourth-order valence-corrected chi connectivity index (χ4v) is 3.75. The van der Waals surface area contributed by atoms with Crippen LogP contribution in [0.3, 0.4) is 0 Å². The summed E-state index contributed by atoms with van der Waals surface area (Å²) in [6.45, 7) is 4.84.